The molecule has 4 aliphatic heterocycles. The Balaban J connectivity index is 1.14. The van der Waals surface area contributed by atoms with Gasteiger partial charge in [0.15, 0.2) is 0 Å². The minimum atomic E-state index is -0.606. The molecule has 0 N–H and O–H groups in total. The second kappa shape index (κ2) is 13.4. The third-order valence-corrected chi connectivity index (χ3v) is 10.0. The standard InChI is InChI=1S/C37H47N7O4/c1-25-9-6-10-26-11-7-12-32(33(25)26)42-15-13-30-31(23-42)39-35(46-18-8-14-41-22-29-19-27(41)24-47-29)40-34(30)43-16-17-44(28(21-43)20-38-5)36(45)48-37(2,3)4/h6-7,9-12,27-29H,8,13-24H2,1-4H3/t27-,28-,29-/m0/s1. The van der Waals surface area contributed by atoms with Crippen LogP contribution >= 0.6 is 0 Å². The number of hydrogen-bond acceptors (Lipinski definition) is 9. The second-order valence-electron chi connectivity index (χ2n) is 14.5. The van der Waals surface area contributed by atoms with Crippen LogP contribution in [0.1, 0.15) is 50.4 Å². The van der Waals surface area contributed by atoms with Crippen LogP contribution in [0.25, 0.3) is 15.6 Å². The molecule has 0 saturated carbocycles. The molecule has 4 aliphatic rings. The quantitative estimate of drug-likeness (QED) is 0.244. The first-order chi connectivity index (χ1) is 23.2. The first-order valence-electron chi connectivity index (χ1n) is 17.4. The average molecular weight is 654 g/mol. The SMILES string of the molecule is [C-]#[N+]C[C@H]1CN(c2nc(OCCCN3C[C@@H]4C[C@H]3CO4)nc3c2CCN(c2cccc4cccc(C)c24)C3)CCN1C(=O)OC(C)(C)C. The number of nitrogens with zero attached hydrogens (tertiary/aromatic N) is 7. The Bertz CT molecular complexity index is 1700. The van der Waals surface area contributed by atoms with Crippen molar-refractivity contribution >= 4 is 28.4 Å². The maximum absolute atomic E-state index is 13.1. The number of fused-ring (bicyclic) bond motifs is 4. The van der Waals surface area contributed by atoms with Crippen LogP contribution < -0.4 is 14.5 Å². The highest BCUT2D eigenvalue weighted by Gasteiger charge is 2.39. The molecule has 0 aliphatic carbocycles. The second-order valence-corrected chi connectivity index (χ2v) is 14.5. The molecule has 0 spiro atoms. The van der Waals surface area contributed by atoms with Gasteiger partial charge in [0.1, 0.15) is 17.5 Å². The van der Waals surface area contributed by atoms with Crippen LogP contribution in [0, 0.1) is 13.5 Å². The van der Waals surface area contributed by atoms with Crippen LogP contribution in [0.4, 0.5) is 16.3 Å². The molecule has 48 heavy (non-hydrogen) atoms. The zero-order valence-electron chi connectivity index (χ0n) is 28.7. The summed E-state index contributed by atoms with van der Waals surface area (Å²) in [5.74, 6) is 0.858. The summed E-state index contributed by atoms with van der Waals surface area (Å²) in [4.78, 5) is 35.7. The molecule has 11 nitrogen and oxygen atoms in total. The fourth-order valence-corrected chi connectivity index (χ4v) is 7.74. The summed E-state index contributed by atoms with van der Waals surface area (Å²) in [7, 11) is 0. The topological polar surface area (TPSA) is 87.9 Å². The van der Waals surface area contributed by atoms with Crippen molar-refractivity contribution in [1.82, 2.24) is 19.8 Å². The smallest absolute Gasteiger partial charge is 0.410 e. The van der Waals surface area contributed by atoms with E-state index in [-0.39, 0.29) is 18.7 Å². The number of benzene rings is 2. The Hall–Kier alpha value is -4.14. The maximum atomic E-state index is 13.1. The van der Waals surface area contributed by atoms with E-state index in [1.807, 2.05) is 20.8 Å². The van der Waals surface area contributed by atoms with E-state index in [0.29, 0.717) is 50.9 Å². The predicted molar refractivity (Wildman–Crippen MR) is 186 cm³/mol. The lowest BCUT2D eigenvalue weighted by atomic mass is 9.99. The number of aromatic nitrogens is 2. The molecular formula is C37H47N7O4. The lowest BCUT2D eigenvalue weighted by Crippen LogP contribution is -2.57. The third-order valence-electron chi connectivity index (χ3n) is 10.0. The van der Waals surface area contributed by atoms with Crippen molar-refractivity contribution in [2.45, 2.75) is 77.3 Å². The van der Waals surface area contributed by atoms with Crippen LogP contribution in [0.2, 0.25) is 0 Å². The van der Waals surface area contributed by atoms with Gasteiger partial charge in [-0.15, -0.1) is 0 Å². The van der Waals surface area contributed by atoms with E-state index in [9.17, 15) is 4.79 Å². The molecule has 3 saturated heterocycles. The van der Waals surface area contributed by atoms with Crippen molar-refractivity contribution < 1.29 is 19.0 Å². The Morgan fingerprint density at radius 3 is 2.67 bits per heavy atom. The number of likely N-dealkylation sites (tertiary alicyclic amines) is 1. The van der Waals surface area contributed by atoms with Gasteiger partial charge >= 0.3 is 12.1 Å². The van der Waals surface area contributed by atoms with E-state index < -0.39 is 5.60 Å². The van der Waals surface area contributed by atoms with Gasteiger partial charge in [-0.05, 0) is 64.0 Å². The monoisotopic (exact) mass is 653 g/mol. The Labute approximate surface area is 283 Å². The fraction of sp³-hybridized carbons (Fsp3) is 0.568. The molecule has 7 rings (SSSR count). The Morgan fingerprint density at radius 1 is 1.08 bits per heavy atom. The lowest BCUT2D eigenvalue weighted by Gasteiger charge is -2.41. The molecular weight excluding hydrogens is 606 g/mol. The molecule has 0 radical (unpaired) electrons. The van der Waals surface area contributed by atoms with Crippen molar-refractivity contribution in [2.75, 3.05) is 68.8 Å². The summed E-state index contributed by atoms with van der Waals surface area (Å²) in [5.41, 5.74) is 3.96. The molecule has 0 unspecified atom stereocenters. The van der Waals surface area contributed by atoms with E-state index >= 15 is 0 Å². The minimum Gasteiger partial charge on any atom is -0.463 e. The number of anilines is 2. The van der Waals surface area contributed by atoms with Crippen molar-refractivity contribution in [3.8, 4) is 6.01 Å². The number of morpholine rings is 1. The maximum Gasteiger partial charge on any atom is 0.410 e. The van der Waals surface area contributed by atoms with Gasteiger partial charge in [0.25, 0.3) is 0 Å². The molecule has 1 amide bonds. The molecule has 254 valence electrons. The number of carbonyl (C=O) groups is 1. The predicted octanol–water partition coefficient (Wildman–Crippen LogP) is 5.09. The van der Waals surface area contributed by atoms with Crippen molar-refractivity contribution in [2.24, 2.45) is 0 Å². The van der Waals surface area contributed by atoms with Crippen LogP contribution in [0.3, 0.4) is 0 Å². The summed E-state index contributed by atoms with van der Waals surface area (Å²) >= 11 is 0. The summed E-state index contributed by atoms with van der Waals surface area (Å²) in [6.45, 7) is 22.0. The lowest BCUT2D eigenvalue weighted by molar-refractivity contribution is 0.0155. The summed E-state index contributed by atoms with van der Waals surface area (Å²) < 4.78 is 17.8. The molecule has 3 aromatic rings. The van der Waals surface area contributed by atoms with E-state index in [0.717, 1.165) is 62.6 Å². The van der Waals surface area contributed by atoms with Crippen LogP contribution in [-0.2, 0) is 22.4 Å². The molecule has 1 aromatic heterocycles. The largest absolute Gasteiger partial charge is 0.463 e. The van der Waals surface area contributed by atoms with E-state index in [1.165, 1.54) is 22.0 Å². The number of carbonyl (C=O) groups excluding carboxylic acids is 1. The van der Waals surface area contributed by atoms with E-state index in [4.69, 9.17) is 30.8 Å². The normalized spacial score (nSPS) is 22.6. The molecule has 3 fully saturated rings. The number of rotatable bonds is 8. The first-order valence-corrected chi connectivity index (χ1v) is 17.4. The zero-order chi connectivity index (χ0) is 33.4. The van der Waals surface area contributed by atoms with E-state index in [1.54, 1.807) is 4.90 Å². The molecule has 3 atom stereocenters. The number of aryl methyl sites for hydroxylation is 1. The third kappa shape index (κ3) is 6.74. The van der Waals surface area contributed by atoms with Gasteiger partial charge in [-0.1, -0.05) is 30.3 Å². The minimum absolute atomic E-state index is 0.198. The Kier molecular flexibility index (Phi) is 9.05. The van der Waals surface area contributed by atoms with Crippen LogP contribution in [0.5, 0.6) is 6.01 Å². The number of hydrogen-bond donors (Lipinski definition) is 0. The fourth-order valence-electron chi connectivity index (χ4n) is 7.74. The highest BCUT2D eigenvalue weighted by Crippen LogP contribution is 2.36. The van der Waals surface area contributed by atoms with Gasteiger partial charge < -0.3 is 28.9 Å². The zero-order valence-corrected chi connectivity index (χ0v) is 28.7. The Morgan fingerprint density at radius 2 is 1.92 bits per heavy atom. The first kappa shape index (κ1) is 32.4. The highest BCUT2D eigenvalue weighted by atomic mass is 16.6. The average Bonchev–Trinajstić information content (AvgIpc) is 3.69. The molecule has 11 heteroatoms. The van der Waals surface area contributed by atoms with Crippen molar-refractivity contribution in [3.05, 3.63) is 64.6 Å². The number of piperazine rings is 1. The summed E-state index contributed by atoms with van der Waals surface area (Å²) in [6.07, 6.45) is 2.83. The van der Waals surface area contributed by atoms with Gasteiger partial charge in [-0.3, -0.25) is 9.80 Å². The molecule has 2 bridgehead atoms. The summed E-state index contributed by atoms with van der Waals surface area (Å²) in [6, 6.07) is 13.6. The van der Waals surface area contributed by atoms with Gasteiger partial charge in [0.05, 0.1) is 31.6 Å². The molecule has 5 heterocycles. The van der Waals surface area contributed by atoms with E-state index in [2.05, 4.69) is 62.9 Å². The number of ether oxygens (including phenoxy) is 3. The van der Waals surface area contributed by atoms with Gasteiger partial charge in [0.2, 0.25) is 6.54 Å². The van der Waals surface area contributed by atoms with Gasteiger partial charge in [-0.2, -0.15) is 9.97 Å². The van der Waals surface area contributed by atoms with Gasteiger partial charge in [-0.25, -0.2) is 11.4 Å². The van der Waals surface area contributed by atoms with Crippen LogP contribution in [-0.4, -0.2) is 109 Å². The summed E-state index contributed by atoms with van der Waals surface area (Å²) in [5, 5.41) is 2.51. The van der Waals surface area contributed by atoms with Crippen LogP contribution in [0.15, 0.2) is 36.4 Å². The van der Waals surface area contributed by atoms with Gasteiger partial charge in [0, 0.05) is 61.9 Å². The molecule has 2 aromatic carbocycles. The number of amides is 1. The van der Waals surface area contributed by atoms with Crippen molar-refractivity contribution in [1.29, 1.82) is 0 Å². The van der Waals surface area contributed by atoms with Crippen molar-refractivity contribution in [3.63, 3.8) is 0 Å². The highest BCUT2D eigenvalue weighted by molar-refractivity contribution is 5.97.